The maximum absolute atomic E-state index is 12.8. The van der Waals surface area contributed by atoms with Gasteiger partial charge >= 0.3 is 0 Å². The lowest BCUT2D eigenvalue weighted by Gasteiger charge is -2.01. The Morgan fingerprint density at radius 1 is 1.15 bits per heavy atom. The second-order valence-corrected chi connectivity index (χ2v) is 2.90. The van der Waals surface area contributed by atoms with Gasteiger partial charge in [-0.3, -0.25) is 0 Å². The van der Waals surface area contributed by atoms with E-state index < -0.39 is 5.95 Å². The fourth-order valence-electron chi connectivity index (χ4n) is 1.35. The number of benzene rings is 1. The lowest BCUT2D eigenvalue weighted by atomic mass is 10.1. The Morgan fingerprint density at radius 3 is 2.69 bits per heavy atom. The van der Waals surface area contributed by atoms with Crippen LogP contribution in [0.1, 0.15) is 5.69 Å². The van der Waals surface area contributed by atoms with E-state index in [1.807, 2.05) is 0 Å². The van der Waals surface area contributed by atoms with Gasteiger partial charge in [-0.05, 0) is 24.4 Å². The average molecular weight is 179 g/mol. The zero-order valence-corrected chi connectivity index (χ0v) is 7.01. The van der Waals surface area contributed by atoms with E-state index in [1.54, 1.807) is 13.0 Å². The molecule has 2 rings (SSSR count). The molecule has 66 valence electrons. The first-order chi connectivity index (χ1) is 6.16. The summed E-state index contributed by atoms with van der Waals surface area (Å²) in [5, 5.41) is 1.33. The number of nitrogens with zero attached hydrogens (tertiary/aromatic N) is 1. The molecule has 0 unspecified atom stereocenters. The van der Waals surface area contributed by atoms with Crippen LogP contribution in [0.3, 0.4) is 0 Å². The van der Waals surface area contributed by atoms with Crippen LogP contribution in [0.2, 0.25) is 0 Å². The molecule has 0 saturated heterocycles. The normalized spacial score (nSPS) is 10.7. The molecule has 3 heteroatoms. The third kappa shape index (κ3) is 1.37. The Balaban J connectivity index is 2.87. The van der Waals surface area contributed by atoms with Crippen LogP contribution in [0.5, 0.6) is 0 Å². The van der Waals surface area contributed by atoms with E-state index >= 15 is 0 Å². The Hall–Kier alpha value is -1.51. The van der Waals surface area contributed by atoms with Crippen molar-refractivity contribution in [1.82, 2.24) is 4.98 Å². The molecule has 1 aromatic carbocycles. The summed E-state index contributed by atoms with van der Waals surface area (Å²) in [4.78, 5) is 3.61. The number of hydrogen-bond donors (Lipinski definition) is 0. The first-order valence-corrected chi connectivity index (χ1v) is 3.89. The van der Waals surface area contributed by atoms with E-state index in [9.17, 15) is 8.78 Å². The summed E-state index contributed by atoms with van der Waals surface area (Å²) in [7, 11) is 0. The van der Waals surface area contributed by atoms with Crippen molar-refractivity contribution in [2.45, 2.75) is 6.92 Å². The van der Waals surface area contributed by atoms with Gasteiger partial charge in [0.05, 0.1) is 0 Å². The van der Waals surface area contributed by atoms with Crippen molar-refractivity contribution in [1.29, 1.82) is 0 Å². The highest BCUT2D eigenvalue weighted by Gasteiger charge is 2.02. The highest BCUT2D eigenvalue weighted by molar-refractivity contribution is 5.84. The SMILES string of the molecule is Cc1nc(F)cc2ccc(F)cc12. The smallest absolute Gasteiger partial charge is 0.213 e. The third-order valence-corrected chi connectivity index (χ3v) is 1.95. The van der Waals surface area contributed by atoms with Crippen LogP contribution in [0, 0.1) is 18.7 Å². The molecule has 0 saturated carbocycles. The van der Waals surface area contributed by atoms with Gasteiger partial charge in [0.15, 0.2) is 0 Å². The van der Waals surface area contributed by atoms with Crippen molar-refractivity contribution in [3.63, 3.8) is 0 Å². The molecule has 0 bridgehead atoms. The zero-order chi connectivity index (χ0) is 9.42. The van der Waals surface area contributed by atoms with Gasteiger partial charge in [-0.2, -0.15) is 4.39 Å². The van der Waals surface area contributed by atoms with Crippen LogP contribution in [0.4, 0.5) is 8.78 Å². The number of halogens is 2. The Kier molecular flexibility index (Phi) is 1.72. The van der Waals surface area contributed by atoms with Crippen molar-refractivity contribution < 1.29 is 8.78 Å². The van der Waals surface area contributed by atoms with Gasteiger partial charge in [0.2, 0.25) is 5.95 Å². The maximum atomic E-state index is 12.8. The standard InChI is InChI=1S/C10H7F2N/c1-6-9-5-8(11)3-2-7(9)4-10(12)13-6/h2-5H,1H3. The van der Waals surface area contributed by atoms with E-state index in [0.717, 1.165) is 0 Å². The molecule has 13 heavy (non-hydrogen) atoms. The van der Waals surface area contributed by atoms with Gasteiger partial charge in [-0.25, -0.2) is 9.37 Å². The maximum Gasteiger partial charge on any atom is 0.213 e. The summed E-state index contributed by atoms with van der Waals surface area (Å²) >= 11 is 0. The van der Waals surface area contributed by atoms with Gasteiger partial charge in [0.1, 0.15) is 5.82 Å². The van der Waals surface area contributed by atoms with E-state index in [2.05, 4.69) is 4.98 Å². The van der Waals surface area contributed by atoms with Crippen LogP contribution < -0.4 is 0 Å². The summed E-state index contributed by atoms with van der Waals surface area (Å²) in [6.07, 6.45) is 0. The predicted octanol–water partition coefficient (Wildman–Crippen LogP) is 2.82. The minimum atomic E-state index is -0.531. The number of aromatic nitrogens is 1. The van der Waals surface area contributed by atoms with Crippen LogP contribution in [0.15, 0.2) is 24.3 Å². The quantitative estimate of drug-likeness (QED) is 0.566. The largest absolute Gasteiger partial charge is 0.224 e. The Morgan fingerprint density at radius 2 is 1.92 bits per heavy atom. The molecule has 0 aliphatic carbocycles. The molecule has 1 heterocycles. The van der Waals surface area contributed by atoms with Gasteiger partial charge in [0.25, 0.3) is 0 Å². The highest BCUT2D eigenvalue weighted by Crippen LogP contribution is 2.18. The molecule has 1 aromatic heterocycles. The van der Waals surface area contributed by atoms with Crippen molar-refractivity contribution >= 4 is 10.8 Å². The number of hydrogen-bond acceptors (Lipinski definition) is 1. The third-order valence-electron chi connectivity index (χ3n) is 1.95. The fraction of sp³-hybridized carbons (Fsp3) is 0.100. The lowest BCUT2D eigenvalue weighted by molar-refractivity contribution is 0.582. The van der Waals surface area contributed by atoms with Gasteiger partial charge in [-0.15, -0.1) is 0 Å². The highest BCUT2D eigenvalue weighted by atomic mass is 19.1. The van der Waals surface area contributed by atoms with Crippen LogP contribution in [-0.4, -0.2) is 4.98 Å². The molecular formula is C10H7F2N. The molecule has 2 aromatic rings. The van der Waals surface area contributed by atoms with Gasteiger partial charge in [-0.1, -0.05) is 6.07 Å². The number of rotatable bonds is 0. The molecule has 0 N–H and O–H groups in total. The van der Waals surface area contributed by atoms with Gasteiger partial charge < -0.3 is 0 Å². The van der Waals surface area contributed by atoms with Crippen molar-refractivity contribution in [2.75, 3.05) is 0 Å². The summed E-state index contributed by atoms with van der Waals surface area (Å²) in [6.45, 7) is 1.66. The topological polar surface area (TPSA) is 12.9 Å². The summed E-state index contributed by atoms with van der Waals surface area (Å²) in [6, 6.07) is 5.50. The Labute approximate surface area is 74.0 Å². The van der Waals surface area contributed by atoms with E-state index in [1.165, 1.54) is 18.2 Å². The molecular weight excluding hydrogens is 172 g/mol. The minimum absolute atomic E-state index is 0.330. The van der Waals surface area contributed by atoms with Crippen LogP contribution in [-0.2, 0) is 0 Å². The number of pyridine rings is 1. The molecule has 0 aliphatic heterocycles. The summed E-state index contributed by atoms with van der Waals surface area (Å²) in [5.74, 6) is -0.861. The average Bonchev–Trinajstić information content (AvgIpc) is 2.06. The van der Waals surface area contributed by atoms with Crippen LogP contribution >= 0.6 is 0 Å². The monoisotopic (exact) mass is 179 g/mol. The second kappa shape index (κ2) is 2.76. The molecule has 0 atom stereocenters. The molecule has 0 aliphatic rings. The summed E-state index contributed by atoms with van der Waals surface area (Å²) < 4.78 is 25.6. The van der Waals surface area contributed by atoms with Crippen molar-refractivity contribution in [3.05, 3.63) is 41.7 Å². The van der Waals surface area contributed by atoms with E-state index in [4.69, 9.17) is 0 Å². The lowest BCUT2D eigenvalue weighted by Crippen LogP contribution is -1.89. The van der Waals surface area contributed by atoms with Crippen LogP contribution in [0.25, 0.3) is 10.8 Å². The number of fused-ring (bicyclic) bond motifs is 1. The first kappa shape index (κ1) is 8.10. The molecule has 0 fully saturated rings. The molecule has 1 nitrogen and oxygen atoms in total. The van der Waals surface area contributed by atoms with Crippen molar-refractivity contribution in [3.8, 4) is 0 Å². The molecule has 0 spiro atoms. The van der Waals surface area contributed by atoms with E-state index in [0.29, 0.717) is 16.5 Å². The first-order valence-electron chi connectivity index (χ1n) is 3.89. The van der Waals surface area contributed by atoms with E-state index in [-0.39, 0.29) is 5.82 Å². The Bertz CT molecular complexity index is 466. The van der Waals surface area contributed by atoms with Crippen molar-refractivity contribution in [2.24, 2.45) is 0 Å². The zero-order valence-electron chi connectivity index (χ0n) is 7.01. The predicted molar refractivity (Wildman–Crippen MR) is 46.4 cm³/mol. The fourth-order valence-corrected chi connectivity index (χ4v) is 1.35. The summed E-state index contributed by atoms with van der Waals surface area (Å²) in [5.41, 5.74) is 0.509. The van der Waals surface area contributed by atoms with Gasteiger partial charge in [0, 0.05) is 17.1 Å². The second-order valence-electron chi connectivity index (χ2n) is 2.90. The minimum Gasteiger partial charge on any atom is -0.224 e. The molecule has 0 radical (unpaired) electrons. The number of aryl methyl sites for hydroxylation is 1. The molecule has 0 amide bonds.